The number of aliphatic hydroxyl groups is 1. The van der Waals surface area contributed by atoms with Crippen molar-refractivity contribution in [2.24, 2.45) is 11.3 Å². The lowest BCUT2D eigenvalue weighted by molar-refractivity contribution is -0.0510. The molecule has 0 bridgehead atoms. The van der Waals surface area contributed by atoms with Crippen molar-refractivity contribution in [2.45, 2.75) is 50.1 Å². The molecule has 2 saturated carbocycles. The van der Waals surface area contributed by atoms with Crippen LogP contribution < -0.4 is 0 Å². The Balaban J connectivity index is 1.90. The number of rotatable bonds is 5. The highest BCUT2D eigenvalue weighted by Gasteiger charge is 2.64. The highest BCUT2D eigenvalue weighted by Crippen LogP contribution is 2.64. The van der Waals surface area contributed by atoms with Gasteiger partial charge in [0.25, 0.3) is 0 Å². The van der Waals surface area contributed by atoms with E-state index >= 15 is 0 Å². The first kappa shape index (κ1) is 19.2. The second-order valence-corrected chi connectivity index (χ2v) is 8.94. The number of benzene rings is 1. The fourth-order valence-corrected chi connectivity index (χ4v) is 4.41. The van der Waals surface area contributed by atoms with Crippen LogP contribution in [0.1, 0.15) is 44.6 Å². The fourth-order valence-electron chi connectivity index (χ4n) is 3.92. The van der Waals surface area contributed by atoms with Crippen LogP contribution >= 0.6 is 0 Å². The summed E-state index contributed by atoms with van der Waals surface area (Å²) in [6.45, 7) is 1.89. The molecule has 144 valence electrons. The predicted molar refractivity (Wildman–Crippen MR) is 90.1 cm³/mol. The predicted octanol–water partition coefficient (Wildman–Crippen LogP) is 4.23. The summed E-state index contributed by atoms with van der Waals surface area (Å²) in [5.74, 6) is -0.148. The van der Waals surface area contributed by atoms with Gasteiger partial charge in [-0.15, -0.1) is 0 Å². The summed E-state index contributed by atoms with van der Waals surface area (Å²) in [7, 11) is -5.77. The van der Waals surface area contributed by atoms with E-state index < -0.39 is 26.6 Å². The summed E-state index contributed by atoms with van der Waals surface area (Å²) in [6, 6.07) is 7.80. The van der Waals surface area contributed by atoms with E-state index in [1.165, 1.54) is 18.2 Å². The van der Waals surface area contributed by atoms with Crippen molar-refractivity contribution in [3.63, 3.8) is 0 Å². The Morgan fingerprint density at radius 3 is 2.62 bits per heavy atom. The molecule has 4 nitrogen and oxygen atoms in total. The zero-order valence-electron chi connectivity index (χ0n) is 14.3. The topological polar surface area (TPSA) is 63.6 Å². The van der Waals surface area contributed by atoms with Crippen LogP contribution in [0.3, 0.4) is 0 Å². The molecule has 8 heteroatoms. The van der Waals surface area contributed by atoms with Gasteiger partial charge in [0.15, 0.2) is 0 Å². The van der Waals surface area contributed by atoms with Crippen LogP contribution in [0.25, 0.3) is 5.76 Å². The minimum absolute atomic E-state index is 0.217. The molecule has 0 heterocycles. The number of halogens is 3. The van der Waals surface area contributed by atoms with Gasteiger partial charge in [0.2, 0.25) is 0 Å². The average molecular weight is 390 g/mol. The van der Waals surface area contributed by atoms with E-state index in [0.29, 0.717) is 6.42 Å². The van der Waals surface area contributed by atoms with Crippen molar-refractivity contribution in [3.05, 3.63) is 42.0 Å². The van der Waals surface area contributed by atoms with E-state index in [1.807, 2.05) is 6.92 Å². The average Bonchev–Trinajstić information content (AvgIpc) is 3.25. The number of allylic oxidation sites excluding steroid dienone is 1. The van der Waals surface area contributed by atoms with E-state index in [1.54, 1.807) is 18.2 Å². The van der Waals surface area contributed by atoms with E-state index in [0.717, 1.165) is 19.3 Å². The van der Waals surface area contributed by atoms with Crippen LogP contribution in [-0.4, -0.2) is 24.6 Å². The molecule has 1 N–H and O–H groups in total. The van der Waals surface area contributed by atoms with E-state index in [2.05, 4.69) is 4.18 Å². The molecule has 26 heavy (non-hydrogen) atoms. The number of fused-ring (bicyclic) bond motifs is 1. The third-order valence-corrected chi connectivity index (χ3v) is 6.64. The van der Waals surface area contributed by atoms with Crippen LogP contribution in [0.5, 0.6) is 0 Å². The molecular weight excluding hydrogens is 369 g/mol. The van der Waals surface area contributed by atoms with E-state index in [4.69, 9.17) is 0 Å². The SMILES string of the molecule is C[C@]1(C/C=C(\OS(=O)(=O)C(F)(F)F)c2ccccc2)CCC[C@H]2C[C@]21O. The first-order valence-corrected chi connectivity index (χ1v) is 9.88. The summed E-state index contributed by atoms with van der Waals surface area (Å²) >= 11 is 0. The standard InChI is InChI=1S/C18H21F3O4S/c1-16(10-5-8-14-12-17(14,16)22)11-9-15(13-6-3-2-4-7-13)25-26(23,24)18(19,20)21/h2-4,6-7,9,14,22H,5,8,10-12H2,1H3/b15-9-/t14-,16+,17-/m0/s1. The molecule has 3 atom stereocenters. The molecule has 0 amide bonds. The Morgan fingerprint density at radius 2 is 2.00 bits per heavy atom. The van der Waals surface area contributed by atoms with Crippen molar-refractivity contribution in [3.8, 4) is 0 Å². The van der Waals surface area contributed by atoms with Gasteiger partial charge in [0.05, 0.1) is 5.60 Å². The molecule has 0 unspecified atom stereocenters. The lowest BCUT2D eigenvalue weighted by atomic mass is 9.70. The lowest BCUT2D eigenvalue weighted by Gasteiger charge is -2.38. The number of alkyl halides is 3. The van der Waals surface area contributed by atoms with E-state index in [9.17, 15) is 26.7 Å². The van der Waals surface area contributed by atoms with Crippen molar-refractivity contribution >= 4 is 15.9 Å². The monoisotopic (exact) mass is 390 g/mol. The maximum absolute atomic E-state index is 12.7. The zero-order valence-corrected chi connectivity index (χ0v) is 15.1. The maximum Gasteiger partial charge on any atom is 0.534 e. The Labute approximate surface area is 150 Å². The van der Waals surface area contributed by atoms with Gasteiger partial charge in [-0.25, -0.2) is 0 Å². The Bertz CT molecular complexity index is 803. The van der Waals surface area contributed by atoms with E-state index in [-0.39, 0.29) is 23.7 Å². The Morgan fingerprint density at radius 1 is 1.35 bits per heavy atom. The lowest BCUT2D eigenvalue weighted by Crippen LogP contribution is -2.38. The number of hydrogen-bond donors (Lipinski definition) is 1. The maximum atomic E-state index is 12.7. The quantitative estimate of drug-likeness (QED) is 0.464. The number of hydrogen-bond acceptors (Lipinski definition) is 4. The Hall–Kier alpha value is -1.54. The van der Waals surface area contributed by atoms with Crippen molar-refractivity contribution in [1.29, 1.82) is 0 Å². The molecule has 0 spiro atoms. The van der Waals surface area contributed by atoms with Crippen LogP contribution in [0.15, 0.2) is 36.4 Å². The summed E-state index contributed by atoms with van der Waals surface area (Å²) in [6.07, 6.45) is 4.87. The summed E-state index contributed by atoms with van der Waals surface area (Å²) in [4.78, 5) is 0. The van der Waals surface area contributed by atoms with Gasteiger partial charge in [-0.1, -0.05) is 43.7 Å². The smallest absolute Gasteiger partial charge is 0.389 e. The second kappa shape index (κ2) is 6.27. The normalized spacial score (nSPS) is 32.0. The first-order valence-electron chi connectivity index (χ1n) is 8.47. The van der Waals surface area contributed by atoms with Crippen molar-refractivity contribution < 1.29 is 30.9 Å². The van der Waals surface area contributed by atoms with Crippen LogP contribution in [0.2, 0.25) is 0 Å². The molecule has 2 aliphatic carbocycles. The fraction of sp³-hybridized carbons (Fsp3) is 0.556. The van der Waals surface area contributed by atoms with Crippen LogP contribution in [0.4, 0.5) is 13.2 Å². The molecular formula is C18H21F3O4S. The Kier molecular flexibility index (Phi) is 4.63. The highest BCUT2D eigenvalue weighted by atomic mass is 32.2. The molecule has 0 aliphatic heterocycles. The minimum atomic E-state index is -5.77. The summed E-state index contributed by atoms with van der Waals surface area (Å²) in [5, 5.41) is 10.7. The molecule has 0 radical (unpaired) electrons. The largest absolute Gasteiger partial charge is 0.534 e. The molecule has 0 aromatic heterocycles. The minimum Gasteiger partial charge on any atom is -0.389 e. The highest BCUT2D eigenvalue weighted by molar-refractivity contribution is 7.87. The summed E-state index contributed by atoms with van der Waals surface area (Å²) in [5.41, 5.74) is -6.61. The van der Waals surface area contributed by atoms with Crippen LogP contribution in [0, 0.1) is 11.3 Å². The summed E-state index contributed by atoms with van der Waals surface area (Å²) < 4.78 is 65.6. The molecule has 2 aliphatic rings. The van der Waals surface area contributed by atoms with Gasteiger partial charge < -0.3 is 9.29 Å². The van der Waals surface area contributed by atoms with Gasteiger partial charge in [-0.05, 0) is 37.7 Å². The molecule has 1 aromatic carbocycles. The van der Waals surface area contributed by atoms with Gasteiger partial charge in [-0.3, -0.25) is 0 Å². The van der Waals surface area contributed by atoms with Gasteiger partial charge in [0, 0.05) is 11.0 Å². The first-order chi connectivity index (χ1) is 12.0. The third-order valence-electron chi connectivity index (χ3n) is 5.68. The molecule has 1 aromatic rings. The van der Waals surface area contributed by atoms with Gasteiger partial charge in [-0.2, -0.15) is 21.6 Å². The van der Waals surface area contributed by atoms with Gasteiger partial charge in [0.1, 0.15) is 5.76 Å². The molecule has 2 fully saturated rings. The zero-order chi connectivity index (χ0) is 19.2. The second-order valence-electron chi connectivity index (χ2n) is 7.40. The third kappa shape index (κ3) is 3.36. The molecule has 0 saturated heterocycles. The van der Waals surface area contributed by atoms with Crippen molar-refractivity contribution in [2.75, 3.05) is 0 Å². The van der Waals surface area contributed by atoms with Crippen molar-refractivity contribution in [1.82, 2.24) is 0 Å². The van der Waals surface area contributed by atoms with Crippen LogP contribution in [-0.2, 0) is 14.3 Å². The van der Waals surface area contributed by atoms with Gasteiger partial charge >= 0.3 is 15.6 Å². The molecule has 3 rings (SSSR count).